The molecule has 0 atom stereocenters. The van der Waals surface area contributed by atoms with E-state index in [0.717, 1.165) is 0 Å². The zero-order valence-corrected chi connectivity index (χ0v) is 47.5. The van der Waals surface area contributed by atoms with Crippen molar-refractivity contribution >= 4 is 117 Å². The fraction of sp³-hybridized carbons (Fsp3) is 0.0750. The number of rotatable bonds is 4. The Balaban J connectivity index is 0.760. The molecule has 2 heteroatoms. The summed E-state index contributed by atoms with van der Waals surface area (Å²) in [5.41, 5.74) is 21.1. The van der Waals surface area contributed by atoms with Crippen LogP contribution in [0, 0.1) is 0 Å². The molecule has 2 aromatic heterocycles. The van der Waals surface area contributed by atoms with Gasteiger partial charge in [-0.05, 0) is 179 Å². The summed E-state index contributed by atoms with van der Waals surface area (Å²) in [5, 5.41) is 18.2. The maximum absolute atomic E-state index is 2.49. The van der Waals surface area contributed by atoms with Gasteiger partial charge in [-0.3, -0.25) is 0 Å². The van der Waals surface area contributed by atoms with E-state index in [4.69, 9.17) is 0 Å². The first kappa shape index (κ1) is 46.6. The van der Waals surface area contributed by atoms with Crippen LogP contribution in [0.4, 0.5) is 0 Å². The van der Waals surface area contributed by atoms with Crippen molar-refractivity contribution < 1.29 is 0 Å². The zero-order valence-electron chi connectivity index (χ0n) is 45.9. The van der Waals surface area contributed by atoms with Gasteiger partial charge in [-0.1, -0.05) is 234 Å². The first-order chi connectivity index (χ1) is 40.2. The average Bonchev–Trinajstić information content (AvgIpc) is 4.12. The zero-order chi connectivity index (χ0) is 54.3. The summed E-state index contributed by atoms with van der Waals surface area (Å²) in [5.74, 6) is 0. The van der Waals surface area contributed by atoms with Crippen molar-refractivity contribution in [2.75, 3.05) is 0 Å². The maximum atomic E-state index is 2.49. The predicted molar refractivity (Wildman–Crippen MR) is 357 cm³/mol. The number of benzene rings is 14. The lowest BCUT2D eigenvalue weighted by Gasteiger charge is -2.23. The van der Waals surface area contributed by atoms with E-state index in [-0.39, 0.29) is 10.8 Å². The molecular formula is C80H52S2. The SMILES string of the molecule is CC1(C)c2ccccc2-c2ccc(-c3c4ccccc4c(-c4ccc5c(c4)sc4ccc6c(ccc7sc8cc(-c9c%10ccccc%10c(-c%10ccc%11c(c%10)C(C)(C)c%10ccccc%10-%11)c%10ccccc9%10)ccc8c76)c45)c4ccccc34)cc21. The Morgan fingerprint density at radius 2 is 0.500 bits per heavy atom. The molecule has 0 amide bonds. The lowest BCUT2D eigenvalue weighted by molar-refractivity contribution is 0.660. The summed E-state index contributed by atoms with van der Waals surface area (Å²) >= 11 is 3.84. The molecule has 0 saturated heterocycles. The Morgan fingerprint density at radius 3 is 0.854 bits per heavy atom. The van der Waals surface area contributed by atoms with Gasteiger partial charge < -0.3 is 0 Å². The summed E-state index contributed by atoms with van der Waals surface area (Å²) < 4.78 is 5.27. The van der Waals surface area contributed by atoms with Gasteiger partial charge in [0.05, 0.1) is 0 Å². The molecule has 16 aromatic rings. The lowest BCUT2D eigenvalue weighted by atomic mass is 9.80. The van der Waals surface area contributed by atoms with E-state index in [2.05, 4.69) is 270 Å². The van der Waals surface area contributed by atoms with Gasteiger partial charge in [0, 0.05) is 51.2 Å². The number of thiophene rings is 2. The number of fused-ring (bicyclic) bond motifs is 19. The quantitative estimate of drug-likeness (QED) is 0.154. The van der Waals surface area contributed by atoms with E-state index in [0.29, 0.717) is 0 Å². The standard InChI is InChI=1S/C80H52S2/c1-79(2)65-27-15-13-17-49(65)51-33-29-45(41-67(51)79)73-53-19-5-9-23-57(53)75(58-24-10-6-20-54(58)73)47-31-35-63-71(43-47)81-69-39-37-62-61(77(63)69)38-40-70-78(62)64-36-32-48(44-72(64)82-70)76-59-25-11-7-21-55(59)74(56-22-8-12-26-60(56)76)46-30-34-52-50-18-14-16-28-66(50)80(3,4)68(52)42-46/h5-44H,1-4H3. The van der Waals surface area contributed by atoms with Crippen molar-refractivity contribution in [1.82, 2.24) is 0 Å². The highest BCUT2D eigenvalue weighted by atomic mass is 32.1. The summed E-state index contributed by atoms with van der Waals surface area (Å²) in [6, 6.07) is 92.8. The Hall–Kier alpha value is -9.18. The van der Waals surface area contributed by atoms with E-state index < -0.39 is 0 Å². The molecule has 0 N–H and O–H groups in total. The molecule has 0 bridgehead atoms. The Bertz CT molecular complexity index is 5070. The average molecular weight is 1080 g/mol. The molecule has 0 nitrogen and oxygen atoms in total. The highest BCUT2D eigenvalue weighted by Gasteiger charge is 2.37. The molecular weight excluding hydrogens is 1030 g/mol. The van der Waals surface area contributed by atoms with Crippen LogP contribution in [0.1, 0.15) is 49.9 Å². The molecule has 2 heterocycles. The molecule has 0 aliphatic heterocycles. The van der Waals surface area contributed by atoms with Gasteiger partial charge in [0.1, 0.15) is 0 Å². The van der Waals surface area contributed by atoms with Crippen LogP contribution in [0.3, 0.4) is 0 Å². The molecule has 0 radical (unpaired) electrons. The maximum Gasteiger partial charge on any atom is 0.0361 e. The van der Waals surface area contributed by atoms with Gasteiger partial charge in [-0.2, -0.15) is 0 Å². The van der Waals surface area contributed by atoms with E-state index in [1.165, 1.54) is 183 Å². The van der Waals surface area contributed by atoms with Gasteiger partial charge in [0.2, 0.25) is 0 Å². The van der Waals surface area contributed by atoms with E-state index in [9.17, 15) is 0 Å². The van der Waals surface area contributed by atoms with Crippen molar-refractivity contribution in [2.45, 2.75) is 38.5 Å². The van der Waals surface area contributed by atoms with E-state index in [1.54, 1.807) is 0 Å². The van der Waals surface area contributed by atoms with Crippen LogP contribution in [0.5, 0.6) is 0 Å². The monoisotopic (exact) mass is 1080 g/mol. The molecule has 14 aromatic carbocycles. The Kier molecular flexibility index (Phi) is 9.49. The summed E-state index contributed by atoms with van der Waals surface area (Å²) in [4.78, 5) is 0. The summed E-state index contributed by atoms with van der Waals surface area (Å²) in [7, 11) is 0. The first-order valence-electron chi connectivity index (χ1n) is 28.8. The molecule has 0 spiro atoms. The molecule has 18 rings (SSSR count). The smallest absolute Gasteiger partial charge is 0.0361 e. The fourth-order valence-corrected chi connectivity index (χ4v) is 17.8. The summed E-state index contributed by atoms with van der Waals surface area (Å²) in [6.07, 6.45) is 0. The van der Waals surface area contributed by atoms with Crippen LogP contribution in [0.15, 0.2) is 243 Å². The van der Waals surface area contributed by atoms with Crippen molar-refractivity contribution in [2.24, 2.45) is 0 Å². The molecule has 2 aliphatic rings. The second kappa shape index (κ2) is 16.7. The molecule has 82 heavy (non-hydrogen) atoms. The van der Waals surface area contributed by atoms with Crippen molar-refractivity contribution in [3.8, 4) is 66.8 Å². The van der Waals surface area contributed by atoms with Gasteiger partial charge in [-0.15, -0.1) is 22.7 Å². The van der Waals surface area contributed by atoms with Crippen molar-refractivity contribution in [1.29, 1.82) is 0 Å². The molecule has 0 unspecified atom stereocenters. The van der Waals surface area contributed by atoms with Crippen molar-refractivity contribution in [3.05, 3.63) is 265 Å². The van der Waals surface area contributed by atoms with Crippen LogP contribution < -0.4 is 0 Å². The fourth-order valence-electron chi connectivity index (χ4n) is 15.5. The minimum absolute atomic E-state index is 0.0792. The molecule has 0 fully saturated rings. The number of hydrogen-bond donors (Lipinski definition) is 0. The molecule has 2 aliphatic carbocycles. The first-order valence-corrected chi connectivity index (χ1v) is 30.4. The van der Waals surface area contributed by atoms with Crippen LogP contribution in [-0.4, -0.2) is 0 Å². The predicted octanol–water partition coefficient (Wildman–Crippen LogP) is 23.5. The third-order valence-electron chi connectivity index (χ3n) is 19.3. The Morgan fingerprint density at radius 1 is 0.220 bits per heavy atom. The van der Waals surface area contributed by atoms with E-state index >= 15 is 0 Å². The third kappa shape index (κ3) is 6.26. The topological polar surface area (TPSA) is 0 Å². The third-order valence-corrected chi connectivity index (χ3v) is 21.5. The molecule has 384 valence electrons. The highest BCUT2D eigenvalue weighted by molar-refractivity contribution is 7.26. The van der Waals surface area contributed by atoms with Crippen LogP contribution >= 0.6 is 22.7 Å². The normalized spacial score (nSPS) is 14.0. The molecule has 0 saturated carbocycles. The minimum atomic E-state index is -0.0792. The van der Waals surface area contributed by atoms with Crippen LogP contribution in [0.2, 0.25) is 0 Å². The lowest BCUT2D eigenvalue weighted by Crippen LogP contribution is -2.14. The van der Waals surface area contributed by atoms with Crippen LogP contribution in [-0.2, 0) is 10.8 Å². The van der Waals surface area contributed by atoms with Crippen LogP contribution in [0.25, 0.3) is 161 Å². The van der Waals surface area contributed by atoms with Gasteiger partial charge in [0.15, 0.2) is 0 Å². The highest BCUT2D eigenvalue weighted by Crippen LogP contribution is 2.55. The minimum Gasteiger partial charge on any atom is -0.135 e. The van der Waals surface area contributed by atoms with Gasteiger partial charge in [0.25, 0.3) is 0 Å². The summed E-state index contributed by atoms with van der Waals surface area (Å²) in [6.45, 7) is 9.52. The second-order valence-corrected chi connectivity index (χ2v) is 26.3. The number of hydrogen-bond acceptors (Lipinski definition) is 2. The van der Waals surface area contributed by atoms with Crippen molar-refractivity contribution in [3.63, 3.8) is 0 Å². The second-order valence-electron chi connectivity index (χ2n) is 24.1. The largest absolute Gasteiger partial charge is 0.135 e. The van der Waals surface area contributed by atoms with Gasteiger partial charge in [-0.25, -0.2) is 0 Å². The van der Waals surface area contributed by atoms with Gasteiger partial charge >= 0.3 is 0 Å². The van der Waals surface area contributed by atoms with E-state index in [1.807, 2.05) is 22.7 Å². The Labute approximate surface area is 483 Å².